The zero-order valence-corrected chi connectivity index (χ0v) is 16.5. The second-order valence-corrected chi connectivity index (χ2v) is 7.48. The maximum atomic E-state index is 13.5. The second kappa shape index (κ2) is 7.83. The summed E-state index contributed by atoms with van der Waals surface area (Å²) in [7, 11) is 1.62. The van der Waals surface area contributed by atoms with Gasteiger partial charge in [-0.05, 0) is 29.7 Å². The van der Waals surface area contributed by atoms with E-state index in [0.29, 0.717) is 10.6 Å². The molecule has 0 saturated carbocycles. The molecule has 30 heavy (non-hydrogen) atoms. The first-order valence-corrected chi connectivity index (χ1v) is 9.71. The molecule has 0 aliphatic carbocycles. The molecule has 0 amide bonds. The molecule has 0 unspecified atom stereocenters. The van der Waals surface area contributed by atoms with Crippen molar-refractivity contribution < 1.29 is 18.0 Å². The number of carbonyl (C=O) groups excluding carboxylic acids is 1. The van der Waals surface area contributed by atoms with Gasteiger partial charge in [-0.3, -0.25) is 9.48 Å². The first kappa shape index (κ1) is 20.0. The summed E-state index contributed by atoms with van der Waals surface area (Å²) in [6.45, 7) is 0. The Morgan fingerprint density at radius 1 is 1.10 bits per heavy atom. The van der Waals surface area contributed by atoms with Gasteiger partial charge in [0.1, 0.15) is 5.69 Å². The summed E-state index contributed by atoms with van der Waals surface area (Å²) in [5, 5.41) is 8.17. The SMILES string of the molecule is Cn1ccc(-c2cc(C(=O)Cc3snnc3-c3ccccc3)ccc2C(F)(F)F)n1. The molecule has 0 aliphatic rings. The normalized spacial score (nSPS) is 11.6. The monoisotopic (exact) mass is 428 g/mol. The Hall–Kier alpha value is -3.33. The lowest BCUT2D eigenvalue weighted by molar-refractivity contribution is -0.137. The van der Waals surface area contributed by atoms with E-state index in [0.717, 1.165) is 23.2 Å². The summed E-state index contributed by atoms with van der Waals surface area (Å²) < 4.78 is 45.8. The van der Waals surface area contributed by atoms with Gasteiger partial charge < -0.3 is 0 Å². The zero-order valence-electron chi connectivity index (χ0n) is 15.7. The van der Waals surface area contributed by atoms with E-state index < -0.39 is 11.7 Å². The molecule has 2 aromatic heterocycles. The van der Waals surface area contributed by atoms with Crippen LogP contribution >= 0.6 is 11.5 Å². The van der Waals surface area contributed by atoms with Crippen molar-refractivity contribution >= 4 is 17.3 Å². The van der Waals surface area contributed by atoms with Gasteiger partial charge in [0.2, 0.25) is 0 Å². The number of hydrogen-bond donors (Lipinski definition) is 0. The van der Waals surface area contributed by atoms with Gasteiger partial charge in [0.05, 0.1) is 16.1 Å². The third-order valence-electron chi connectivity index (χ3n) is 4.56. The van der Waals surface area contributed by atoms with Gasteiger partial charge in [0.25, 0.3) is 0 Å². The Bertz CT molecular complexity index is 1200. The number of aromatic nitrogens is 4. The van der Waals surface area contributed by atoms with Crippen LogP contribution in [-0.4, -0.2) is 25.2 Å². The summed E-state index contributed by atoms with van der Waals surface area (Å²) in [5.74, 6) is -0.316. The summed E-state index contributed by atoms with van der Waals surface area (Å²) in [5.41, 5.74) is 0.809. The van der Waals surface area contributed by atoms with Crippen molar-refractivity contribution in [1.29, 1.82) is 0 Å². The summed E-state index contributed by atoms with van der Waals surface area (Å²) in [4.78, 5) is 13.5. The molecule has 4 rings (SSSR count). The first-order chi connectivity index (χ1) is 14.3. The number of benzene rings is 2. The lowest BCUT2D eigenvalue weighted by Gasteiger charge is -2.13. The van der Waals surface area contributed by atoms with E-state index >= 15 is 0 Å². The highest BCUT2D eigenvalue weighted by Crippen LogP contribution is 2.37. The number of Topliss-reactive ketones (excluding diaryl/α,β-unsaturated/α-hetero) is 1. The van der Waals surface area contributed by atoms with Gasteiger partial charge in [-0.15, -0.1) is 5.10 Å². The first-order valence-electron chi connectivity index (χ1n) is 8.94. The molecule has 152 valence electrons. The van der Waals surface area contributed by atoms with Crippen LogP contribution in [0.25, 0.3) is 22.5 Å². The van der Waals surface area contributed by atoms with Gasteiger partial charge >= 0.3 is 6.18 Å². The molecular formula is C21H15F3N4OS. The van der Waals surface area contributed by atoms with E-state index in [9.17, 15) is 18.0 Å². The van der Waals surface area contributed by atoms with Crippen molar-refractivity contribution in [3.63, 3.8) is 0 Å². The Morgan fingerprint density at radius 3 is 2.53 bits per heavy atom. The number of hydrogen-bond acceptors (Lipinski definition) is 5. The van der Waals surface area contributed by atoms with Crippen molar-refractivity contribution in [2.24, 2.45) is 7.05 Å². The Balaban J connectivity index is 1.69. The van der Waals surface area contributed by atoms with E-state index in [4.69, 9.17) is 0 Å². The summed E-state index contributed by atoms with van der Waals surface area (Å²) in [6.07, 6.45) is -3.01. The van der Waals surface area contributed by atoms with E-state index in [-0.39, 0.29) is 29.0 Å². The van der Waals surface area contributed by atoms with Crippen LogP contribution in [0.1, 0.15) is 20.8 Å². The minimum Gasteiger partial charge on any atom is -0.294 e. The van der Waals surface area contributed by atoms with E-state index in [1.54, 1.807) is 13.2 Å². The van der Waals surface area contributed by atoms with Crippen LogP contribution in [0.3, 0.4) is 0 Å². The van der Waals surface area contributed by atoms with Crippen LogP contribution in [0, 0.1) is 0 Å². The Labute approximate surface area is 174 Å². The largest absolute Gasteiger partial charge is 0.417 e. The van der Waals surface area contributed by atoms with Crippen LogP contribution in [0.5, 0.6) is 0 Å². The van der Waals surface area contributed by atoms with E-state index in [2.05, 4.69) is 14.7 Å². The molecule has 2 heterocycles. The highest BCUT2D eigenvalue weighted by atomic mass is 32.1. The number of ketones is 1. The predicted molar refractivity (Wildman–Crippen MR) is 107 cm³/mol. The fraction of sp³-hybridized carbons (Fsp3) is 0.143. The van der Waals surface area contributed by atoms with Crippen molar-refractivity contribution in [3.05, 3.63) is 76.8 Å². The predicted octanol–water partition coefficient (Wildman–Crippen LogP) is 5.05. The topological polar surface area (TPSA) is 60.7 Å². The van der Waals surface area contributed by atoms with Crippen molar-refractivity contribution in [2.45, 2.75) is 12.6 Å². The highest BCUT2D eigenvalue weighted by Gasteiger charge is 2.34. The number of alkyl halides is 3. The van der Waals surface area contributed by atoms with E-state index in [1.807, 2.05) is 30.3 Å². The number of aryl methyl sites for hydroxylation is 1. The quantitative estimate of drug-likeness (QED) is 0.418. The highest BCUT2D eigenvalue weighted by molar-refractivity contribution is 7.06. The maximum Gasteiger partial charge on any atom is 0.417 e. The number of halogens is 3. The number of carbonyl (C=O) groups is 1. The average Bonchev–Trinajstić information content (AvgIpc) is 3.36. The van der Waals surface area contributed by atoms with Crippen LogP contribution in [0.2, 0.25) is 0 Å². The molecule has 0 aliphatic heterocycles. The summed E-state index contributed by atoms with van der Waals surface area (Å²) >= 11 is 1.10. The maximum absolute atomic E-state index is 13.5. The molecule has 0 atom stereocenters. The second-order valence-electron chi connectivity index (χ2n) is 6.64. The minimum atomic E-state index is -4.56. The van der Waals surface area contributed by atoms with Crippen LogP contribution in [0.15, 0.2) is 60.8 Å². The van der Waals surface area contributed by atoms with Gasteiger partial charge in [-0.25, -0.2) is 0 Å². The van der Waals surface area contributed by atoms with Crippen LogP contribution < -0.4 is 0 Å². The number of nitrogens with zero attached hydrogens (tertiary/aromatic N) is 4. The molecule has 0 N–H and O–H groups in total. The molecule has 5 nitrogen and oxygen atoms in total. The third kappa shape index (κ3) is 4.02. The van der Waals surface area contributed by atoms with Gasteiger partial charge in [0.15, 0.2) is 5.78 Å². The Kier molecular flexibility index (Phi) is 5.21. The third-order valence-corrected chi connectivity index (χ3v) is 5.28. The molecule has 0 bridgehead atoms. The smallest absolute Gasteiger partial charge is 0.294 e. The zero-order chi connectivity index (χ0) is 21.3. The van der Waals surface area contributed by atoms with Crippen LogP contribution in [-0.2, 0) is 19.6 Å². The Morgan fingerprint density at radius 2 is 1.87 bits per heavy atom. The van der Waals surface area contributed by atoms with Gasteiger partial charge in [-0.2, -0.15) is 18.3 Å². The van der Waals surface area contributed by atoms with Gasteiger partial charge in [-0.1, -0.05) is 40.9 Å². The minimum absolute atomic E-state index is 0.00504. The molecule has 0 saturated heterocycles. The molecule has 0 radical (unpaired) electrons. The number of rotatable bonds is 5. The summed E-state index contributed by atoms with van der Waals surface area (Å²) in [6, 6.07) is 14.2. The van der Waals surface area contributed by atoms with Crippen molar-refractivity contribution in [3.8, 4) is 22.5 Å². The lowest BCUT2D eigenvalue weighted by Crippen LogP contribution is -2.10. The van der Waals surface area contributed by atoms with Crippen LogP contribution in [0.4, 0.5) is 13.2 Å². The fourth-order valence-corrected chi connectivity index (χ4v) is 3.79. The molecule has 0 spiro atoms. The van der Waals surface area contributed by atoms with Gasteiger partial charge in [0, 0.05) is 36.4 Å². The van der Waals surface area contributed by atoms with Crippen molar-refractivity contribution in [1.82, 2.24) is 19.4 Å². The molecule has 9 heteroatoms. The molecule has 4 aromatic rings. The van der Waals surface area contributed by atoms with Crippen molar-refractivity contribution in [2.75, 3.05) is 0 Å². The fourth-order valence-electron chi connectivity index (χ4n) is 3.12. The molecular weight excluding hydrogens is 413 g/mol. The molecule has 2 aromatic carbocycles. The lowest BCUT2D eigenvalue weighted by atomic mass is 9.97. The standard InChI is InChI=1S/C21H15F3N4OS/c1-28-10-9-17(26-28)15-11-14(7-8-16(15)21(22,23)24)18(29)12-19-20(25-27-30-19)13-5-3-2-4-6-13/h2-11H,12H2,1H3. The molecule has 0 fully saturated rings. The average molecular weight is 428 g/mol. The van der Waals surface area contributed by atoms with E-state index in [1.165, 1.54) is 22.9 Å².